The molecule has 6 nitrogen and oxygen atoms in total. The van der Waals surface area contributed by atoms with Gasteiger partial charge in [-0.2, -0.15) is 0 Å². The molecule has 2 aromatic carbocycles. The van der Waals surface area contributed by atoms with Gasteiger partial charge in [0.2, 0.25) is 0 Å². The summed E-state index contributed by atoms with van der Waals surface area (Å²) in [5.74, 6) is -0.409. The number of ketones is 1. The van der Waals surface area contributed by atoms with Crippen LogP contribution >= 0.6 is 0 Å². The summed E-state index contributed by atoms with van der Waals surface area (Å²) in [4.78, 5) is 27.2. The van der Waals surface area contributed by atoms with Gasteiger partial charge >= 0.3 is 0 Å². The molecule has 6 heteroatoms. The van der Waals surface area contributed by atoms with Gasteiger partial charge in [0.05, 0.1) is 17.7 Å². The molecule has 0 saturated carbocycles. The highest BCUT2D eigenvalue weighted by Gasteiger charge is 2.15. The number of aromatic nitrogens is 1. The molecule has 4 N–H and O–H groups in total. The lowest BCUT2D eigenvalue weighted by molar-refractivity contribution is -0.114. The minimum Gasteiger partial charge on any atom is -0.383 e. The van der Waals surface area contributed by atoms with Crippen LogP contribution < -0.4 is 11.1 Å². The van der Waals surface area contributed by atoms with E-state index in [0.717, 1.165) is 39.7 Å². The number of hydrogen-bond donors (Lipinski definition) is 3. The maximum Gasteiger partial charge on any atom is 0.250 e. The highest BCUT2D eigenvalue weighted by molar-refractivity contribution is 6.09. The maximum atomic E-state index is 12.4. The van der Waals surface area contributed by atoms with Gasteiger partial charge in [-0.1, -0.05) is 30.3 Å². The second-order valence-electron chi connectivity index (χ2n) is 7.12. The summed E-state index contributed by atoms with van der Waals surface area (Å²) in [6.45, 7) is 4.04. The van der Waals surface area contributed by atoms with E-state index in [2.05, 4.69) is 10.3 Å². The van der Waals surface area contributed by atoms with Crippen LogP contribution in [0.3, 0.4) is 0 Å². The molecule has 1 aromatic heterocycles. The lowest BCUT2D eigenvalue weighted by atomic mass is 9.91. The van der Waals surface area contributed by atoms with E-state index in [1.165, 1.54) is 0 Å². The van der Waals surface area contributed by atoms with E-state index in [9.17, 15) is 9.59 Å². The van der Waals surface area contributed by atoms with E-state index in [1.54, 1.807) is 25.4 Å². The molecule has 3 aromatic rings. The third-order valence-corrected chi connectivity index (χ3v) is 5.14. The first-order chi connectivity index (χ1) is 14.5. The van der Waals surface area contributed by atoms with Crippen molar-refractivity contribution in [1.82, 2.24) is 10.3 Å². The number of rotatable bonds is 10. The summed E-state index contributed by atoms with van der Waals surface area (Å²) in [7, 11) is 1.66. The zero-order chi connectivity index (χ0) is 21.5. The van der Waals surface area contributed by atoms with E-state index in [4.69, 9.17) is 10.5 Å². The van der Waals surface area contributed by atoms with Crippen LogP contribution in [0.25, 0.3) is 22.0 Å². The first kappa shape index (κ1) is 21.5. The summed E-state index contributed by atoms with van der Waals surface area (Å²) < 4.78 is 4.97. The molecule has 1 heterocycles. The van der Waals surface area contributed by atoms with Crippen LogP contribution in [0.15, 0.2) is 54.7 Å². The van der Waals surface area contributed by atoms with Gasteiger partial charge in [0, 0.05) is 38.2 Å². The lowest BCUT2D eigenvalue weighted by Gasteiger charge is -2.13. The van der Waals surface area contributed by atoms with Crippen molar-refractivity contribution >= 4 is 22.6 Å². The van der Waals surface area contributed by atoms with Crippen LogP contribution in [0.1, 0.15) is 21.5 Å². The van der Waals surface area contributed by atoms with E-state index >= 15 is 0 Å². The van der Waals surface area contributed by atoms with Gasteiger partial charge in [-0.3, -0.25) is 9.59 Å². The number of carbonyl (C=O) groups excluding carboxylic acids is 2. The molecule has 0 aliphatic heterocycles. The quantitative estimate of drug-likeness (QED) is 0.357. The first-order valence-electron chi connectivity index (χ1n) is 9.90. The van der Waals surface area contributed by atoms with Gasteiger partial charge in [-0.25, -0.2) is 0 Å². The second kappa shape index (κ2) is 10.0. The van der Waals surface area contributed by atoms with E-state index in [-0.39, 0.29) is 5.78 Å². The number of carbonyl (C=O) groups is 2. The average molecular weight is 405 g/mol. The predicted molar refractivity (Wildman–Crippen MR) is 120 cm³/mol. The molecule has 0 bridgehead atoms. The molecule has 1 amide bonds. The van der Waals surface area contributed by atoms with E-state index < -0.39 is 5.91 Å². The summed E-state index contributed by atoms with van der Waals surface area (Å²) in [5.41, 5.74) is 10.8. The molecule has 0 spiro atoms. The van der Waals surface area contributed by atoms with Crippen molar-refractivity contribution in [3.63, 3.8) is 0 Å². The summed E-state index contributed by atoms with van der Waals surface area (Å²) in [6, 6.07) is 11.6. The molecule has 0 aliphatic rings. The number of nitrogens with one attached hydrogen (secondary N) is 2. The summed E-state index contributed by atoms with van der Waals surface area (Å²) in [6.07, 6.45) is 5.60. The number of primary amides is 1. The van der Waals surface area contributed by atoms with Crippen molar-refractivity contribution < 1.29 is 14.3 Å². The van der Waals surface area contributed by atoms with Crippen LogP contribution in [-0.2, 0) is 16.0 Å². The Labute approximate surface area is 176 Å². The molecule has 3 rings (SSSR count). The van der Waals surface area contributed by atoms with Gasteiger partial charge in [0.25, 0.3) is 5.91 Å². The maximum absolute atomic E-state index is 12.4. The number of allylic oxidation sites excluding steroid dienone is 1. The van der Waals surface area contributed by atoms with E-state index in [1.807, 2.05) is 43.3 Å². The number of hydrogen-bond acceptors (Lipinski definition) is 4. The molecule has 30 heavy (non-hydrogen) atoms. The Morgan fingerprint density at radius 1 is 1.17 bits per heavy atom. The summed E-state index contributed by atoms with van der Waals surface area (Å²) >= 11 is 0. The number of aromatic amines is 1. The number of nitrogens with two attached hydrogens (primary N) is 1. The van der Waals surface area contributed by atoms with Gasteiger partial charge in [-0.05, 0) is 47.4 Å². The highest BCUT2D eigenvalue weighted by atomic mass is 16.5. The summed E-state index contributed by atoms with van der Waals surface area (Å²) in [5, 5.41) is 4.11. The number of fused-ring (bicyclic) bond motifs is 1. The molecule has 0 saturated heterocycles. The SMILES string of the molecule is COCCNC/C=C/C(=O)Cc1cccc(-c2ccc(C(N)=O)c3[nH]ccc23)c1C. The molecule has 0 aliphatic carbocycles. The number of ether oxygens (including phenoxy) is 1. The molecule has 0 unspecified atom stereocenters. The second-order valence-corrected chi connectivity index (χ2v) is 7.12. The van der Waals surface area contributed by atoms with Crippen LogP contribution in [0.2, 0.25) is 0 Å². The molecule has 0 radical (unpaired) electrons. The third kappa shape index (κ3) is 4.84. The van der Waals surface area contributed by atoms with Crippen molar-refractivity contribution in [2.45, 2.75) is 13.3 Å². The minimum atomic E-state index is -0.464. The Hall–Kier alpha value is -3.22. The van der Waals surface area contributed by atoms with Crippen molar-refractivity contribution in [3.8, 4) is 11.1 Å². The Morgan fingerprint density at radius 3 is 2.77 bits per heavy atom. The standard InChI is InChI=1S/C24H27N3O3/c1-16-17(15-18(28)6-4-11-26-13-14-30-2)5-3-7-19(16)20-8-9-22(24(25)29)23-21(20)10-12-27-23/h3-10,12,26-27H,11,13-15H2,1-2H3,(H2,25,29)/b6-4+. The monoisotopic (exact) mass is 405 g/mol. The molecular formula is C24H27N3O3. The zero-order valence-electron chi connectivity index (χ0n) is 17.3. The predicted octanol–water partition coefficient (Wildman–Crippen LogP) is 3.15. The van der Waals surface area contributed by atoms with Crippen molar-refractivity contribution in [3.05, 3.63) is 71.4 Å². The van der Waals surface area contributed by atoms with Crippen molar-refractivity contribution in [2.24, 2.45) is 5.73 Å². The normalized spacial score (nSPS) is 11.4. The fourth-order valence-corrected chi connectivity index (χ4v) is 3.56. The van der Waals surface area contributed by atoms with Gasteiger partial charge in [0.1, 0.15) is 0 Å². The van der Waals surface area contributed by atoms with Crippen LogP contribution in [0.4, 0.5) is 0 Å². The van der Waals surface area contributed by atoms with Crippen LogP contribution in [-0.4, -0.2) is 43.5 Å². The molecule has 0 atom stereocenters. The first-order valence-corrected chi connectivity index (χ1v) is 9.90. The Balaban J connectivity index is 1.81. The Bertz CT molecular complexity index is 1080. The topological polar surface area (TPSA) is 97.2 Å². The van der Waals surface area contributed by atoms with Gasteiger partial charge < -0.3 is 20.8 Å². The molecule has 156 valence electrons. The highest BCUT2D eigenvalue weighted by Crippen LogP contribution is 2.33. The zero-order valence-corrected chi connectivity index (χ0v) is 17.3. The Kier molecular flexibility index (Phi) is 7.17. The number of methoxy groups -OCH3 is 1. The fourth-order valence-electron chi connectivity index (χ4n) is 3.56. The van der Waals surface area contributed by atoms with Crippen molar-refractivity contribution in [1.29, 1.82) is 0 Å². The third-order valence-electron chi connectivity index (χ3n) is 5.14. The average Bonchev–Trinajstić information content (AvgIpc) is 3.21. The largest absolute Gasteiger partial charge is 0.383 e. The van der Waals surface area contributed by atoms with Gasteiger partial charge in [0.15, 0.2) is 5.78 Å². The fraction of sp³-hybridized carbons (Fsp3) is 0.250. The lowest BCUT2D eigenvalue weighted by Crippen LogP contribution is -2.19. The molecular weight excluding hydrogens is 378 g/mol. The number of H-pyrrole nitrogens is 1. The Morgan fingerprint density at radius 2 is 2.00 bits per heavy atom. The molecule has 0 fully saturated rings. The van der Waals surface area contributed by atoms with Crippen LogP contribution in [0, 0.1) is 6.92 Å². The van der Waals surface area contributed by atoms with Gasteiger partial charge in [-0.15, -0.1) is 0 Å². The number of amides is 1. The number of benzene rings is 2. The minimum absolute atomic E-state index is 0.0552. The van der Waals surface area contributed by atoms with Crippen LogP contribution in [0.5, 0.6) is 0 Å². The smallest absolute Gasteiger partial charge is 0.250 e. The van der Waals surface area contributed by atoms with E-state index in [0.29, 0.717) is 25.1 Å². The van der Waals surface area contributed by atoms with Crippen molar-refractivity contribution in [2.75, 3.05) is 26.8 Å².